The van der Waals surface area contributed by atoms with Gasteiger partial charge in [0.2, 0.25) is 0 Å². The van der Waals surface area contributed by atoms with Crippen molar-refractivity contribution < 1.29 is 14.2 Å². The average Bonchev–Trinajstić information content (AvgIpc) is 2.48. The summed E-state index contributed by atoms with van der Waals surface area (Å²) in [6.45, 7) is 4.00. The Hall–Kier alpha value is -1.52. The summed E-state index contributed by atoms with van der Waals surface area (Å²) in [5, 5.41) is 9.20. The quantitative estimate of drug-likeness (QED) is 0.416. The van der Waals surface area contributed by atoms with Crippen LogP contribution in [0, 0.1) is 11.3 Å². The van der Waals surface area contributed by atoms with Crippen LogP contribution >= 0.6 is 11.8 Å². The molecule has 0 N–H and O–H groups in total. The molecule has 0 aromatic carbocycles. The Balaban J connectivity index is 3.05. The van der Waals surface area contributed by atoms with E-state index in [1.54, 1.807) is 39.5 Å². The zero-order valence-electron chi connectivity index (χ0n) is 12.5. The third kappa shape index (κ3) is 5.07. The minimum absolute atomic E-state index is 0.252. The second kappa shape index (κ2) is 9.43. The van der Waals surface area contributed by atoms with Gasteiger partial charge < -0.3 is 9.39 Å². The van der Waals surface area contributed by atoms with Crippen LogP contribution in [0.5, 0.6) is 0 Å². The highest BCUT2D eigenvalue weighted by Gasteiger charge is 2.23. The maximum absolute atomic E-state index is 11.8. The van der Waals surface area contributed by atoms with Gasteiger partial charge in [-0.25, -0.2) is 0 Å². The summed E-state index contributed by atoms with van der Waals surface area (Å²) in [7, 11) is 3.25. The molecule has 1 atom stereocenters. The molecule has 1 aromatic rings. The SMILES string of the molecule is CCOC(=O)C(C#N)c1cnc(C[B]OC)c(SCC)c1. The summed E-state index contributed by atoms with van der Waals surface area (Å²) in [5.41, 5.74) is 1.43. The van der Waals surface area contributed by atoms with E-state index in [1.807, 2.05) is 19.1 Å². The van der Waals surface area contributed by atoms with Gasteiger partial charge in [-0.15, -0.1) is 11.8 Å². The Labute approximate surface area is 130 Å². The van der Waals surface area contributed by atoms with E-state index in [1.165, 1.54) is 0 Å². The van der Waals surface area contributed by atoms with E-state index in [0.29, 0.717) is 11.9 Å². The summed E-state index contributed by atoms with van der Waals surface area (Å²) in [6.07, 6.45) is 2.14. The smallest absolute Gasteiger partial charge is 0.327 e. The maximum atomic E-state index is 11.8. The number of hydrogen-bond donors (Lipinski definition) is 0. The Bertz CT molecular complexity index is 519. The fourth-order valence-electron chi connectivity index (χ4n) is 1.73. The zero-order chi connectivity index (χ0) is 15.7. The molecule has 1 unspecified atom stereocenters. The van der Waals surface area contributed by atoms with Gasteiger partial charge in [0.1, 0.15) is 0 Å². The average molecular weight is 305 g/mol. The van der Waals surface area contributed by atoms with Crippen LogP contribution < -0.4 is 0 Å². The highest BCUT2D eigenvalue weighted by molar-refractivity contribution is 7.99. The fourth-order valence-corrected chi connectivity index (χ4v) is 2.56. The lowest BCUT2D eigenvalue weighted by Gasteiger charge is -2.12. The van der Waals surface area contributed by atoms with Gasteiger partial charge in [0.25, 0.3) is 7.48 Å². The number of pyridine rings is 1. The minimum Gasteiger partial charge on any atom is -0.465 e. The first-order valence-electron chi connectivity index (χ1n) is 6.70. The van der Waals surface area contributed by atoms with Gasteiger partial charge in [0, 0.05) is 23.9 Å². The van der Waals surface area contributed by atoms with E-state index < -0.39 is 11.9 Å². The van der Waals surface area contributed by atoms with Gasteiger partial charge >= 0.3 is 5.97 Å². The Morgan fingerprint density at radius 1 is 1.57 bits per heavy atom. The molecule has 21 heavy (non-hydrogen) atoms. The molecule has 7 heteroatoms. The van der Waals surface area contributed by atoms with Crippen molar-refractivity contribution in [1.82, 2.24) is 4.98 Å². The molecular weight excluding hydrogens is 287 g/mol. The highest BCUT2D eigenvalue weighted by Crippen LogP contribution is 2.26. The van der Waals surface area contributed by atoms with Gasteiger partial charge in [-0.2, -0.15) is 5.26 Å². The van der Waals surface area contributed by atoms with Crippen molar-refractivity contribution in [2.24, 2.45) is 0 Å². The lowest BCUT2D eigenvalue weighted by molar-refractivity contribution is -0.143. The number of hydrogen-bond acceptors (Lipinski definition) is 6. The standard InChI is InChI=1S/C14H18BN2O3S/c1-4-20-14(18)11(8-16)10-6-13(21-5-2)12(17-9-10)7-15-19-3/h6,9,11H,4-5,7H2,1-3H3. The van der Waals surface area contributed by atoms with Crippen molar-refractivity contribution in [3.05, 3.63) is 23.5 Å². The number of rotatable bonds is 8. The van der Waals surface area contributed by atoms with Gasteiger partial charge in [-0.1, -0.05) is 6.92 Å². The third-order valence-corrected chi connectivity index (χ3v) is 3.63. The van der Waals surface area contributed by atoms with Crippen molar-refractivity contribution in [2.75, 3.05) is 19.5 Å². The summed E-state index contributed by atoms with van der Waals surface area (Å²) in [5.74, 6) is -0.596. The van der Waals surface area contributed by atoms with Crippen LogP contribution in [0.2, 0.25) is 0 Å². The first-order valence-corrected chi connectivity index (χ1v) is 7.68. The van der Waals surface area contributed by atoms with Crippen LogP contribution in [-0.2, 0) is 20.5 Å². The van der Waals surface area contributed by atoms with Crippen molar-refractivity contribution in [3.8, 4) is 6.07 Å². The maximum Gasteiger partial charge on any atom is 0.327 e. The number of carbonyl (C=O) groups excluding carboxylic acids is 1. The summed E-state index contributed by atoms with van der Waals surface area (Å²) >= 11 is 1.62. The van der Waals surface area contributed by atoms with Crippen molar-refractivity contribution in [2.45, 2.75) is 31.0 Å². The fraction of sp³-hybridized carbons (Fsp3) is 0.500. The molecule has 1 rings (SSSR count). The lowest BCUT2D eigenvalue weighted by atomic mass is 9.92. The first kappa shape index (κ1) is 17.5. The highest BCUT2D eigenvalue weighted by atomic mass is 32.2. The van der Waals surface area contributed by atoms with Crippen LogP contribution in [0.4, 0.5) is 0 Å². The van der Waals surface area contributed by atoms with E-state index in [2.05, 4.69) is 4.98 Å². The molecule has 0 saturated carbocycles. The summed E-state index contributed by atoms with van der Waals surface area (Å²) < 4.78 is 9.87. The van der Waals surface area contributed by atoms with Gasteiger partial charge in [0.15, 0.2) is 5.92 Å². The predicted molar refractivity (Wildman–Crippen MR) is 82.1 cm³/mol. The number of esters is 1. The molecule has 0 amide bonds. The number of nitriles is 1. The van der Waals surface area contributed by atoms with Gasteiger partial charge in [-0.3, -0.25) is 9.78 Å². The van der Waals surface area contributed by atoms with Crippen LogP contribution in [0.25, 0.3) is 0 Å². The molecule has 111 valence electrons. The van der Waals surface area contributed by atoms with E-state index in [9.17, 15) is 10.1 Å². The molecule has 0 aliphatic carbocycles. The molecule has 1 radical (unpaired) electrons. The predicted octanol–water partition coefficient (Wildman–Crippen LogP) is 2.13. The number of thioether (sulfide) groups is 1. The molecule has 1 heterocycles. The lowest BCUT2D eigenvalue weighted by Crippen LogP contribution is -2.15. The normalized spacial score (nSPS) is 11.5. The Morgan fingerprint density at radius 3 is 2.90 bits per heavy atom. The van der Waals surface area contributed by atoms with Gasteiger partial charge in [-0.05, 0) is 30.6 Å². The van der Waals surface area contributed by atoms with Crippen molar-refractivity contribution in [3.63, 3.8) is 0 Å². The van der Waals surface area contributed by atoms with Crippen LogP contribution in [-0.4, -0.2) is 37.9 Å². The van der Waals surface area contributed by atoms with E-state index in [0.717, 1.165) is 16.3 Å². The number of nitrogens with zero attached hydrogens (tertiary/aromatic N) is 2. The molecule has 0 fully saturated rings. The third-order valence-electron chi connectivity index (χ3n) is 2.68. The largest absolute Gasteiger partial charge is 0.465 e. The van der Waals surface area contributed by atoms with Crippen LogP contribution in [0.1, 0.15) is 31.0 Å². The Morgan fingerprint density at radius 2 is 2.33 bits per heavy atom. The van der Waals surface area contributed by atoms with Crippen molar-refractivity contribution in [1.29, 1.82) is 5.26 Å². The number of carbonyl (C=O) groups is 1. The molecule has 1 aromatic heterocycles. The molecule has 0 saturated heterocycles. The molecular formula is C14H18BN2O3S. The molecule has 0 bridgehead atoms. The number of aromatic nitrogens is 1. The molecule has 0 aliphatic heterocycles. The summed E-state index contributed by atoms with van der Waals surface area (Å²) in [6, 6.07) is 3.82. The van der Waals surface area contributed by atoms with Crippen LogP contribution in [0.3, 0.4) is 0 Å². The minimum atomic E-state index is -0.936. The molecule has 5 nitrogen and oxygen atoms in total. The van der Waals surface area contributed by atoms with Crippen molar-refractivity contribution >= 4 is 25.2 Å². The summed E-state index contributed by atoms with van der Waals surface area (Å²) in [4.78, 5) is 17.1. The first-order chi connectivity index (χ1) is 10.2. The second-order valence-electron chi connectivity index (χ2n) is 4.07. The topological polar surface area (TPSA) is 72.2 Å². The van der Waals surface area contributed by atoms with Gasteiger partial charge in [0.05, 0.1) is 12.7 Å². The van der Waals surface area contributed by atoms with Crippen LogP contribution in [0.15, 0.2) is 17.2 Å². The van der Waals surface area contributed by atoms with E-state index in [-0.39, 0.29) is 6.61 Å². The molecule has 0 aliphatic rings. The monoisotopic (exact) mass is 305 g/mol. The van der Waals surface area contributed by atoms with E-state index >= 15 is 0 Å². The second-order valence-corrected chi connectivity index (χ2v) is 5.37. The Kier molecular flexibility index (Phi) is 7.87. The molecule has 0 spiro atoms. The number of ether oxygens (including phenoxy) is 1. The van der Waals surface area contributed by atoms with E-state index in [4.69, 9.17) is 9.39 Å². The zero-order valence-corrected chi connectivity index (χ0v) is 13.3.